The number of halogens is 2. The third-order valence-corrected chi connectivity index (χ3v) is 1.03. The molecule has 0 aromatic carbocycles. The highest BCUT2D eigenvalue weighted by atomic mass is 19.3. The molecule has 0 saturated carbocycles. The number of hydrogen-bond donors (Lipinski definition) is 0. The highest BCUT2D eigenvalue weighted by Crippen LogP contribution is 2.11. The zero-order valence-corrected chi connectivity index (χ0v) is 5.40. The van der Waals surface area contributed by atoms with Crippen LogP contribution in [-0.2, 0) is 0 Å². The maximum absolute atomic E-state index is 11.5. The van der Waals surface area contributed by atoms with Gasteiger partial charge >= 0.3 is 0 Å². The number of rotatable bonds is 1. The number of hydrogen-bond acceptors (Lipinski definition) is 1. The van der Waals surface area contributed by atoms with E-state index in [-0.39, 0.29) is 0 Å². The lowest BCUT2D eigenvalue weighted by Crippen LogP contribution is -1.61. The lowest BCUT2D eigenvalue weighted by molar-refractivity contribution is 0.429. The Balaban J connectivity index is 2.86. The molecule has 0 radical (unpaired) electrons. The molecule has 0 fully saturated rings. The second kappa shape index (κ2) is 2.64. The third-order valence-electron chi connectivity index (χ3n) is 1.03. The highest BCUT2D eigenvalue weighted by molar-refractivity contribution is 5.48. The van der Waals surface area contributed by atoms with Gasteiger partial charge in [-0.2, -0.15) is 8.78 Å². The van der Waals surface area contributed by atoms with Crippen molar-refractivity contribution in [1.82, 2.24) is 0 Å². The van der Waals surface area contributed by atoms with E-state index in [1.807, 2.05) is 0 Å². The van der Waals surface area contributed by atoms with Crippen molar-refractivity contribution in [2.45, 2.75) is 6.92 Å². The molecule has 1 nitrogen and oxygen atoms in total. The Bertz CT molecular complexity index is 246. The summed E-state index contributed by atoms with van der Waals surface area (Å²) in [5.41, 5.74) is 0.400. The quantitative estimate of drug-likeness (QED) is 0.590. The SMILES string of the molecule is Cc1cc(C=C(F)F)co1. The fraction of sp³-hybridized carbons (Fsp3) is 0.143. The van der Waals surface area contributed by atoms with Crippen molar-refractivity contribution in [3.8, 4) is 0 Å². The van der Waals surface area contributed by atoms with Crippen LogP contribution in [0.4, 0.5) is 8.78 Å². The normalized spacial score (nSPS) is 9.50. The molecule has 1 aromatic heterocycles. The molecule has 1 heterocycles. The Morgan fingerprint density at radius 1 is 1.60 bits per heavy atom. The number of furan rings is 1. The van der Waals surface area contributed by atoms with Gasteiger partial charge in [-0.1, -0.05) is 0 Å². The average molecular weight is 144 g/mol. The molecule has 10 heavy (non-hydrogen) atoms. The van der Waals surface area contributed by atoms with Crippen LogP contribution in [-0.4, -0.2) is 0 Å². The van der Waals surface area contributed by atoms with E-state index in [1.165, 1.54) is 6.26 Å². The topological polar surface area (TPSA) is 13.1 Å². The molecule has 0 aliphatic carbocycles. The zero-order chi connectivity index (χ0) is 7.56. The first kappa shape index (κ1) is 6.99. The van der Waals surface area contributed by atoms with Gasteiger partial charge in [-0.25, -0.2) is 0 Å². The molecule has 0 saturated heterocycles. The fourth-order valence-electron chi connectivity index (χ4n) is 0.665. The average Bonchev–Trinajstić information content (AvgIpc) is 2.13. The van der Waals surface area contributed by atoms with Crippen LogP contribution in [0.2, 0.25) is 0 Å². The van der Waals surface area contributed by atoms with Gasteiger partial charge in [0.25, 0.3) is 6.08 Å². The van der Waals surface area contributed by atoms with Crippen LogP contribution >= 0.6 is 0 Å². The van der Waals surface area contributed by atoms with E-state index in [0.717, 1.165) is 6.08 Å². The van der Waals surface area contributed by atoms with Crippen LogP contribution in [0.1, 0.15) is 11.3 Å². The molecule has 0 N–H and O–H groups in total. The first-order valence-electron chi connectivity index (χ1n) is 2.76. The molecule has 1 rings (SSSR count). The van der Waals surface area contributed by atoms with Crippen molar-refractivity contribution in [2.75, 3.05) is 0 Å². The summed E-state index contributed by atoms with van der Waals surface area (Å²) in [5, 5.41) is 0. The Morgan fingerprint density at radius 2 is 2.30 bits per heavy atom. The Morgan fingerprint density at radius 3 is 2.70 bits per heavy atom. The van der Waals surface area contributed by atoms with E-state index < -0.39 is 6.08 Å². The molecule has 0 amide bonds. The van der Waals surface area contributed by atoms with Crippen LogP contribution in [0.25, 0.3) is 6.08 Å². The molecular formula is C7H6F2O. The van der Waals surface area contributed by atoms with Crippen molar-refractivity contribution in [1.29, 1.82) is 0 Å². The lowest BCUT2D eigenvalue weighted by Gasteiger charge is -1.76. The first-order valence-corrected chi connectivity index (χ1v) is 2.76. The molecule has 0 spiro atoms. The molecule has 0 aliphatic rings. The third kappa shape index (κ3) is 1.69. The predicted molar refractivity (Wildman–Crippen MR) is 33.6 cm³/mol. The maximum atomic E-state index is 11.5. The minimum Gasteiger partial charge on any atom is -0.469 e. The lowest BCUT2D eigenvalue weighted by atomic mass is 10.3. The zero-order valence-electron chi connectivity index (χ0n) is 5.40. The van der Waals surface area contributed by atoms with Crippen molar-refractivity contribution >= 4 is 6.08 Å². The van der Waals surface area contributed by atoms with Crippen LogP contribution in [0.5, 0.6) is 0 Å². The van der Waals surface area contributed by atoms with Gasteiger partial charge in [0, 0.05) is 11.6 Å². The minimum absolute atomic E-state index is 0.400. The van der Waals surface area contributed by atoms with Gasteiger partial charge in [0.15, 0.2) is 0 Å². The number of aryl methyl sites for hydroxylation is 1. The van der Waals surface area contributed by atoms with Gasteiger partial charge in [-0.3, -0.25) is 0 Å². The molecular weight excluding hydrogens is 138 g/mol. The molecule has 0 bridgehead atoms. The summed E-state index contributed by atoms with van der Waals surface area (Å²) in [4.78, 5) is 0. The first-order chi connectivity index (χ1) is 4.68. The van der Waals surface area contributed by atoms with Crippen LogP contribution in [0.15, 0.2) is 22.8 Å². The summed E-state index contributed by atoms with van der Waals surface area (Å²) < 4.78 is 27.9. The largest absolute Gasteiger partial charge is 0.469 e. The van der Waals surface area contributed by atoms with Crippen molar-refractivity contribution in [2.24, 2.45) is 0 Å². The summed E-state index contributed by atoms with van der Waals surface area (Å²) in [7, 11) is 0. The van der Waals surface area contributed by atoms with E-state index in [9.17, 15) is 8.78 Å². The maximum Gasteiger partial charge on any atom is 0.271 e. The standard InChI is InChI=1S/C7H6F2O/c1-5-2-6(4-10-5)3-7(8)9/h2-4H,1H3. The molecule has 1 aromatic rings. The molecule has 54 valence electrons. The van der Waals surface area contributed by atoms with E-state index in [2.05, 4.69) is 0 Å². The van der Waals surface area contributed by atoms with Crippen LogP contribution < -0.4 is 0 Å². The van der Waals surface area contributed by atoms with Gasteiger partial charge in [0.2, 0.25) is 0 Å². The highest BCUT2D eigenvalue weighted by Gasteiger charge is 1.95. The van der Waals surface area contributed by atoms with Crippen molar-refractivity contribution in [3.05, 3.63) is 29.7 Å². The smallest absolute Gasteiger partial charge is 0.271 e. The Hall–Kier alpha value is -1.12. The van der Waals surface area contributed by atoms with Crippen molar-refractivity contribution in [3.63, 3.8) is 0 Å². The van der Waals surface area contributed by atoms with Gasteiger partial charge in [-0.05, 0) is 13.0 Å². The molecule has 0 atom stereocenters. The fourth-order valence-corrected chi connectivity index (χ4v) is 0.665. The van der Waals surface area contributed by atoms with Gasteiger partial charge in [-0.15, -0.1) is 0 Å². The van der Waals surface area contributed by atoms with Crippen LogP contribution in [0.3, 0.4) is 0 Å². The summed E-state index contributed by atoms with van der Waals surface area (Å²) in [6, 6.07) is 1.54. The van der Waals surface area contributed by atoms with E-state index >= 15 is 0 Å². The van der Waals surface area contributed by atoms with Crippen LogP contribution in [0, 0.1) is 6.92 Å². The second-order valence-corrected chi connectivity index (χ2v) is 1.92. The summed E-state index contributed by atoms with van der Waals surface area (Å²) in [5.74, 6) is 0.632. The van der Waals surface area contributed by atoms with E-state index in [1.54, 1.807) is 13.0 Å². The van der Waals surface area contributed by atoms with Gasteiger partial charge in [0.1, 0.15) is 5.76 Å². The van der Waals surface area contributed by atoms with Gasteiger partial charge in [0.05, 0.1) is 6.26 Å². The second-order valence-electron chi connectivity index (χ2n) is 1.92. The summed E-state index contributed by atoms with van der Waals surface area (Å²) in [6.07, 6.45) is 0.339. The van der Waals surface area contributed by atoms with E-state index in [0.29, 0.717) is 11.3 Å². The summed E-state index contributed by atoms with van der Waals surface area (Å²) >= 11 is 0. The molecule has 3 heteroatoms. The Kier molecular flexibility index (Phi) is 1.85. The molecule has 0 aliphatic heterocycles. The Labute approximate surface area is 57.0 Å². The van der Waals surface area contributed by atoms with Gasteiger partial charge < -0.3 is 4.42 Å². The van der Waals surface area contributed by atoms with E-state index in [4.69, 9.17) is 4.42 Å². The monoisotopic (exact) mass is 144 g/mol. The summed E-state index contributed by atoms with van der Waals surface area (Å²) in [6.45, 7) is 1.70. The minimum atomic E-state index is -1.71. The molecule has 0 unspecified atom stereocenters. The van der Waals surface area contributed by atoms with Crippen molar-refractivity contribution < 1.29 is 13.2 Å². The predicted octanol–water partition coefficient (Wildman–Crippen LogP) is 2.83.